The second-order valence-corrected chi connectivity index (χ2v) is 5.14. The average molecular weight is 288 g/mol. The van der Waals surface area contributed by atoms with E-state index in [-0.39, 0.29) is 5.82 Å². The number of benzene rings is 1. The highest BCUT2D eigenvalue weighted by Gasteiger charge is 2.09. The van der Waals surface area contributed by atoms with E-state index in [9.17, 15) is 4.39 Å². The maximum atomic E-state index is 13.4. The van der Waals surface area contributed by atoms with Gasteiger partial charge in [-0.3, -0.25) is 0 Å². The molecule has 3 nitrogen and oxygen atoms in total. The van der Waals surface area contributed by atoms with Crippen LogP contribution in [0.1, 0.15) is 30.0 Å². The number of ether oxygens (including phenoxy) is 1. The van der Waals surface area contributed by atoms with Gasteiger partial charge in [0.15, 0.2) is 0 Å². The van der Waals surface area contributed by atoms with Gasteiger partial charge in [0.2, 0.25) is 5.88 Å². The topological polar surface area (TPSA) is 34.2 Å². The molecule has 0 fully saturated rings. The second kappa shape index (κ2) is 7.18. The van der Waals surface area contributed by atoms with E-state index >= 15 is 0 Å². The quantitative estimate of drug-likeness (QED) is 0.812. The van der Waals surface area contributed by atoms with Gasteiger partial charge in [-0.15, -0.1) is 0 Å². The number of hydrogen-bond acceptors (Lipinski definition) is 3. The van der Waals surface area contributed by atoms with E-state index in [2.05, 4.69) is 24.1 Å². The van der Waals surface area contributed by atoms with Crippen molar-refractivity contribution in [2.45, 2.75) is 33.7 Å². The van der Waals surface area contributed by atoms with Crippen LogP contribution in [-0.4, -0.2) is 11.5 Å². The van der Waals surface area contributed by atoms with Gasteiger partial charge in [0.05, 0.1) is 6.20 Å². The Kier molecular flexibility index (Phi) is 5.28. The van der Waals surface area contributed by atoms with Crippen LogP contribution in [0.3, 0.4) is 0 Å². The molecule has 4 heteroatoms. The molecule has 0 saturated carbocycles. The van der Waals surface area contributed by atoms with E-state index in [0.717, 1.165) is 24.1 Å². The summed E-state index contributed by atoms with van der Waals surface area (Å²) in [6, 6.07) is 7.33. The predicted molar refractivity (Wildman–Crippen MR) is 82.2 cm³/mol. The molecule has 0 aliphatic heterocycles. The summed E-state index contributed by atoms with van der Waals surface area (Å²) in [5.41, 5.74) is 3.08. The summed E-state index contributed by atoms with van der Waals surface area (Å²) in [7, 11) is 0. The van der Waals surface area contributed by atoms with Gasteiger partial charge in [0.25, 0.3) is 0 Å². The van der Waals surface area contributed by atoms with Gasteiger partial charge in [-0.25, -0.2) is 9.37 Å². The van der Waals surface area contributed by atoms with E-state index in [0.29, 0.717) is 18.2 Å². The molecule has 0 spiro atoms. The first-order chi connectivity index (χ1) is 10.1. The molecule has 0 atom stereocenters. The Hall–Kier alpha value is -1.94. The lowest BCUT2D eigenvalue weighted by Gasteiger charge is -2.12. The fourth-order valence-electron chi connectivity index (χ4n) is 1.98. The number of pyridine rings is 1. The van der Waals surface area contributed by atoms with Crippen molar-refractivity contribution in [2.24, 2.45) is 0 Å². The van der Waals surface area contributed by atoms with Crippen LogP contribution in [-0.2, 0) is 6.54 Å². The van der Waals surface area contributed by atoms with Crippen molar-refractivity contribution in [3.8, 4) is 11.6 Å². The number of aromatic nitrogens is 1. The normalized spacial score (nSPS) is 10.7. The molecule has 1 aromatic carbocycles. The van der Waals surface area contributed by atoms with Crippen molar-refractivity contribution in [1.29, 1.82) is 0 Å². The summed E-state index contributed by atoms with van der Waals surface area (Å²) in [5.74, 6) is 0.813. The minimum atomic E-state index is -0.351. The molecular weight excluding hydrogens is 267 g/mol. The van der Waals surface area contributed by atoms with Crippen LogP contribution in [0.2, 0.25) is 0 Å². The van der Waals surface area contributed by atoms with Crippen molar-refractivity contribution >= 4 is 0 Å². The molecule has 1 N–H and O–H groups in total. The number of rotatable bonds is 6. The highest BCUT2D eigenvalue weighted by molar-refractivity contribution is 5.37. The zero-order valence-corrected chi connectivity index (χ0v) is 12.7. The first-order valence-corrected chi connectivity index (χ1v) is 7.20. The standard InChI is InChI=1S/C17H21FN2O/c1-4-7-19-10-14-9-15(18)11-20-17(14)21-16-6-5-12(2)13(3)8-16/h5-6,8-9,11,19H,4,7,10H2,1-3H3. The molecule has 112 valence electrons. The van der Waals surface area contributed by atoms with E-state index in [1.54, 1.807) is 0 Å². The molecule has 0 bridgehead atoms. The minimum Gasteiger partial charge on any atom is -0.439 e. The van der Waals surface area contributed by atoms with Crippen molar-refractivity contribution < 1.29 is 9.13 Å². The molecule has 1 heterocycles. The Morgan fingerprint density at radius 2 is 2.00 bits per heavy atom. The van der Waals surface area contributed by atoms with Crippen molar-refractivity contribution in [3.05, 3.63) is 53.0 Å². The van der Waals surface area contributed by atoms with E-state index < -0.39 is 0 Å². The summed E-state index contributed by atoms with van der Waals surface area (Å²) in [4.78, 5) is 4.07. The molecule has 21 heavy (non-hydrogen) atoms. The van der Waals surface area contributed by atoms with Crippen LogP contribution >= 0.6 is 0 Å². The molecule has 0 unspecified atom stereocenters. The molecule has 2 aromatic rings. The highest BCUT2D eigenvalue weighted by Crippen LogP contribution is 2.25. The Labute approximate surface area is 125 Å². The fourth-order valence-corrected chi connectivity index (χ4v) is 1.98. The largest absolute Gasteiger partial charge is 0.439 e. The van der Waals surface area contributed by atoms with Gasteiger partial charge in [-0.05, 0) is 56.1 Å². The summed E-state index contributed by atoms with van der Waals surface area (Å²) in [6.45, 7) is 7.58. The maximum Gasteiger partial charge on any atom is 0.223 e. The smallest absolute Gasteiger partial charge is 0.223 e. The number of halogens is 1. The van der Waals surface area contributed by atoms with Gasteiger partial charge < -0.3 is 10.1 Å². The van der Waals surface area contributed by atoms with Crippen molar-refractivity contribution in [1.82, 2.24) is 10.3 Å². The van der Waals surface area contributed by atoms with Gasteiger partial charge in [0, 0.05) is 12.1 Å². The summed E-state index contributed by atoms with van der Waals surface area (Å²) < 4.78 is 19.2. The van der Waals surface area contributed by atoms with E-state index in [1.165, 1.54) is 17.8 Å². The Morgan fingerprint density at radius 1 is 1.19 bits per heavy atom. The third kappa shape index (κ3) is 4.26. The number of aryl methyl sites for hydroxylation is 2. The first-order valence-electron chi connectivity index (χ1n) is 7.20. The number of nitrogens with zero attached hydrogens (tertiary/aromatic N) is 1. The van der Waals surface area contributed by atoms with Gasteiger partial charge in [-0.2, -0.15) is 0 Å². The minimum absolute atomic E-state index is 0.351. The van der Waals surface area contributed by atoms with Crippen LogP contribution in [0, 0.1) is 19.7 Å². The third-order valence-corrected chi connectivity index (χ3v) is 3.33. The van der Waals surface area contributed by atoms with Gasteiger partial charge in [-0.1, -0.05) is 13.0 Å². The summed E-state index contributed by atoms with van der Waals surface area (Å²) in [6.07, 6.45) is 2.20. The monoisotopic (exact) mass is 288 g/mol. The average Bonchev–Trinajstić information content (AvgIpc) is 2.46. The summed E-state index contributed by atoms with van der Waals surface area (Å²) in [5, 5.41) is 3.24. The Morgan fingerprint density at radius 3 is 2.71 bits per heavy atom. The lowest BCUT2D eigenvalue weighted by molar-refractivity contribution is 0.448. The molecule has 0 saturated heterocycles. The first kappa shape index (κ1) is 15.4. The maximum absolute atomic E-state index is 13.4. The Bertz CT molecular complexity index is 614. The van der Waals surface area contributed by atoms with E-state index in [1.807, 2.05) is 25.1 Å². The lowest BCUT2D eigenvalue weighted by Crippen LogP contribution is -2.15. The zero-order chi connectivity index (χ0) is 15.2. The number of nitrogens with one attached hydrogen (secondary N) is 1. The highest BCUT2D eigenvalue weighted by atomic mass is 19.1. The van der Waals surface area contributed by atoms with E-state index in [4.69, 9.17) is 4.74 Å². The zero-order valence-electron chi connectivity index (χ0n) is 12.7. The van der Waals surface area contributed by atoms with Crippen LogP contribution in [0.25, 0.3) is 0 Å². The van der Waals surface area contributed by atoms with Crippen LogP contribution in [0.5, 0.6) is 11.6 Å². The van der Waals surface area contributed by atoms with Gasteiger partial charge in [0.1, 0.15) is 11.6 Å². The second-order valence-electron chi connectivity index (χ2n) is 5.14. The SMILES string of the molecule is CCCNCc1cc(F)cnc1Oc1ccc(C)c(C)c1. The van der Waals surface area contributed by atoms with Crippen molar-refractivity contribution in [2.75, 3.05) is 6.54 Å². The molecule has 0 aliphatic carbocycles. The van der Waals surface area contributed by atoms with Crippen LogP contribution < -0.4 is 10.1 Å². The van der Waals surface area contributed by atoms with Gasteiger partial charge >= 0.3 is 0 Å². The molecule has 0 aliphatic rings. The van der Waals surface area contributed by atoms with Crippen LogP contribution in [0.4, 0.5) is 4.39 Å². The molecule has 0 amide bonds. The fraction of sp³-hybridized carbons (Fsp3) is 0.353. The third-order valence-electron chi connectivity index (χ3n) is 3.33. The molecule has 2 rings (SSSR count). The predicted octanol–water partition coefficient (Wildman–Crippen LogP) is 4.13. The molecule has 0 radical (unpaired) electrons. The lowest BCUT2D eigenvalue weighted by atomic mass is 10.1. The van der Waals surface area contributed by atoms with Crippen LogP contribution in [0.15, 0.2) is 30.5 Å². The van der Waals surface area contributed by atoms with Crippen molar-refractivity contribution in [3.63, 3.8) is 0 Å². The number of hydrogen-bond donors (Lipinski definition) is 1. The molecular formula is C17H21FN2O. The molecule has 1 aromatic heterocycles. The summed E-state index contributed by atoms with van der Waals surface area (Å²) >= 11 is 0. The Balaban J connectivity index is 2.19.